The van der Waals surface area contributed by atoms with Gasteiger partial charge in [0.15, 0.2) is 0 Å². The number of carbonyl (C=O) groups excluding carboxylic acids is 2. The van der Waals surface area contributed by atoms with Gasteiger partial charge in [0.2, 0.25) is 11.8 Å². The van der Waals surface area contributed by atoms with Crippen molar-refractivity contribution in [2.24, 2.45) is 0 Å². The molecule has 0 bridgehead atoms. The molecule has 0 saturated carbocycles. The highest BCUT2D eigenvalue weighted by Crippen LogP contribution is 2.37. The lowest BCUT2D eigenvalue weighted by Crippen LogP contribution is -2.42. The predicted molar refractivity (Wildman–Crippen MR) is 64.7 cm³/mol. The van der Waals surface area contributed by atoms with E-state index in [1.54, 1.807) is 18.2 Å². The number of carbonyl (C=O) groups is 2. The SMILES string of the molecule is COc1cccc2c1NC(=O)CN2C(=O)CCl. The van der Waals surface area contributed by atoms with Crippen LogP contribution in [0.4, 0.5) is 11.4 Å². The fourth-order valence-corrected chi connectivity index (χ4v) is 1.89. The molecule has 0 spiro atoms. The van der Waals surface area contributed by atoms with E-state index >= 15 is 0 Å². The van der Waals surface area contributed by atoms with Crippen molar-refractivity contribution in [2.45, 2.75) is 0 Å². The van der Waals surface area contributed by atoms with Crippen LogP contribution in [0.5, 0.6) is 5.75 Å². The number of hydrogen-bond donors (Lipinski definition) is 1. The normalized spacial score (nSPS) is 14.0. The molecule has 1 aliphatic rings. The first kappa shape index (κ1) is 11.7. The number of halogens is 1. The zero-order valence-corrected chi connectivity index (χ0v) is 9.95. The van der Waals surface area contributed by atoms with E-state index in [-0.39, 0.29) is 24.2 Å². The Bertz CT molecular complexity index is 476. The smallest absolute Gasteiger partial charge is 0.244 e. The second-order valence-corrected chi connectivity index (χ2v) is 3.78. The van der Waals surface area contributed by atoms with Gasteiger partial charge in [0.25, 0.3) is 0 Å². The number of ether oxygens (including phenoxy) is 1. The van der Waals surface area contributed by atoms with Gasteiger partial charge in [-0.15, -0.1) is 11.6 Å². The maximum atomic E-state index is 11.6. The third kappa shape index (κ3) is 2.06. The lowest BCUT2D eigenvalue weighted by Gasteiger charge is -2.29. The Kier molecular flexibility index (Phi) is 3.19. The lowest BCUT2D eigenvalue weighted by molar-refractivity contribution is -0.120. The molecular weight excluding hydrogens is 244 g/mol. The molecule has 6 heteroatoms. The van der Waals surface area contributed by atoms with E-state index in [2.05, 4.69) is 5.32 Å². The van der Waals surface area contributed by atoms with Crippen molar-refractivity contribution in [2.75, 3.05) is 29.8 Å². The third-order valence-electron chi connectivity index (χ3n) is 2.50. The summed E-state index contributed by atoms with van der Waals surface area (Å²) >= 11 is 5.52. The molecule has 1 aromatic carbocycles. The van der Waals surface area contributed by atoms with Crippen LogP contribution in [-0.4, -0.2) is 31.3 Å². The van der Waals surface area contributed by atoms with E-state index in [0.717, 1.165) is 0 Å². The summed E-state index contributed by atoms with van der Waals surface area (Å²) in [6, 6.07) is 5.21. The number of nitrogens with zero attached hydrogens (tertiary/aromatic N) is 1. The number of anilines is 2. The summed E-state index contributed by atoms with van der Waals surface area (Å²) in [5, 5.41) is 2.69. The van der Waals surface area contributed by atoms with Crippen molar-refractivity contribution in [3.8, 4) is 5.75 Å². The molecule has 0 saturated heterocycles. The van der Waals surface area contributed by atoms with Gasteiger partial charge in [-0.05, 0) is 12.1 Å². The molecular formula is C11H11ClN2O3. The van der Waals surface area contributed by atoms with Crippen LogP contribution in [0.15, 0.2) is 18.2 Å². The van der Waals surface area contributed by atoms with Crippen LogP contribution in [0.25, 0.3) is 0 Å². The monoisotopic (exact) mass is 254 g/mol. The van der Waals surface area contributed by atoms with Crippen LogP contribution in [0.1, 0.15) is 0 Å². The molecule has 0 radical (unpaired) electrons. The average molecular weight is 255 g/mol. The number of para-hydroxylation sites is 1. The van der Waals surface area contributed by atoms with Crippen LogP contribution >= 0.6 is 11.6 Å². The minimum absolute atomic E-state index is 0.0221. The first-order valence-electron chi connectivity index (χ1n) is 5.00. The molecule has 5 nitrogen and oxygen atoms in total. The number of alkyl halides is 1. The Morgan fingerprint density at radius 3 is 3.00 bits per heavy atom. The Morgan fingerprint density at radius 1 is 1.59 bits per heavy atom. The molecule has 0 atom stereocenters. The number of fused-ring (bicyclic) bond motifs is 1. The summed E-state index contributed by atoms with van der Waals surface area (Å²) in [6.07, 6.45) is 0. The molecule has 90 valence electrons. The van der Waals surface area contributed by atoms with Crippen LogP contribution < -0.4 is 15.0 Å². The molecule has 17 heavy (non-hydrogen) atoms. The Balaban J connectivity index is 2.50. The molecule has 0 fully saturated rings. The maximum absolute atomic E-state index is 11.6. The molecule has 0 aromatic heterocycles. The Hall–Kier alpha value is -1.75. The fourth-order valence-electron chi connectivity index (χ4n) is 1.74. The zero-order chi connectivity index (χ0) is 12.4. The van der Waals surface area contributed by atoms with Crippen LogP contribution in [0.2, 0.25) is 0 Å². The van der Waals surface area contributed by atoms with Crippen molar-refractivity contribution in [1.29, 1.82) is 0 Å². The van der Waals surface area contributed by atoms with E-state index in [4.69, 9.17) is 16.3 Å². The van der Waals surface area contributed by atoms with Crippen molar-refractivity contribution >= 4 is 34.8 Å². The Labute approximate surface area is 103 Å². The number of amides is 2. The van der Waals surface area contributed by atoms with E-state index in [1.165, 1.54) is 12.0 Å². The maximum Gasteiger partial charge on any atom is 0.244 e. The van der Waals surface area contributed by atoms with Crippen LogP contribution in [0.3, 0.4) is 0 Å². The van der Waals surface area contributed by atoms with E-state index in [1.807, 2.05) is 0 Å². The Morgan fingerprint density at radius 2 is 2.35 bits per heavy atom. The van der Waals surface area contributed by atoms with Gasteiger partial charge < -0.3 is 10.1 Å². The number of nitrogens with one attached hydrogen (secondary N) is 1. The summed E-state index contributed by atoms with van der Waals surface area (Å²) in [6.45, 7) is -0.0221. The molecule has 1 N–H and O–H groups in total. The number of benzene rings is 1. The van der Waals surface area contributed by atoms with Crippen molar-refractivity contribution in [3.63, 3.8) is 0 Å². The predicted octanol–water partition coefficient (Wildman–Crippen LogP) is 1.22. The van der Waals surface area contributed by atoms with Gasteiger partial charge in [0.1, 0.15) is 23.9 Å². The second kappa shape index (κ2) is 4.63. The summed E-state index contributed by atoms with van der Waals surface area (Å²) in [7, 11) is 1.50. The average Bonchev–Trinajstić information content (AvgIpc) is 2.36. The summed E-state index contributed by atoms with van der Waals surface area (Å²) in [5.41, 5.74) is 1.11. The molecule has 1 aromatic rings. The van der Waals surface area contributed by atoms with Gasteiger partial charge in [-0.2, -0.15) is 0 Å². The van der Waals surface area contributed by atoms with Gasteiger partial charge in [-0.1, -0.05) is 6.07 Å². The zero-order valence-electron chi connectivity index (χ0n) is 9.20. The highest BCUT2D eigenvalue weighted by Gasteiger charge is 2.28. The van der Waals surface area contributed by atoms with Gasteiger partial charge >= 0.3 is 0 Å². The quantitative estimate of drug-likeness (QED) is 0.808. The first-order chi connectivity index (χ1) is 8.17. The van der Waals surface area contributed by atoms with E-state index < -0.39 is 0 Å². The summed E-state index contributed by atoms with van der Waals surface area (Å²) < 4.78 is 5.14. The standard InChI is InChI=1S/C11H11ClN2O3/c1-17-8-4-2-3-7-11(8)13-9(15)6-14(7)10(16)5-12/h2-4H,5-6H2,1H3,(H,13,15). The van der Waals surface area contributed by atoms with Gasteiger partial charge in [0.05, 0.1) is 12.8 Å². The highest BCUT2D eigenvalue weighted by atomic mass is 35.5. The van der Waals surface area contributed by atoms with E-state index in [9.17, 15) is 9.59 Å². The molecule has 2 amide bonds. The number of hydrogen-bond acceptors (Lipinski definition) is 3. The third-order valence-corrected chi connectivity index (χ3v) is 2.73. The first-order valence-corrected chi connectivity index (χ1v) is 5.54. The van der Waals surface area contributed by atoms with Gasteiger partial charge in [0, 0.05) is 0 Å². The molecule has 0 unspecified atom stereocenters. The van der Waals surface area contributed by atoms with Gasteiger partial charge in [-0.25, -0.2) is 0 Å². The molecule has 1 heterocycles. The lowest BCUT2D eigenvalue weighted by atomic mass is 10.1. The largest absolute Gasteiger partial charge is 0.494 e. The summed E-state index contributed by atoms with van der Waals surface area (Å²) in [4.78, 5) is 24.5. The second-order valence-electron chi connectivity index (χ2n) is 3.52. The topological polar surface area (TPSA) is 58.6 Å². The number of rotatable bonds is 2. The van der Waals surface area contributed by atoms with Crippen molar-refractivity contribution in [3.05, 3.63) is 18.2 Å². The van der Waals surface area contributed by atoms with Crippen LogP contribution in [0, 0.1) is 0 Å². The minimum Gasteiger partial charge on any atom is -0.494 e. The van der Waals surface area contributed by atoms with Crippen molar-refractivity contribution < 1.29 is 14.3 Å². The minimum atomic E-state index is -0.309. The van der Waals surface area contributed by atoms with Crippen LogP contribution in [-0.2, 0) is 9.59 Å². The molecule has 2 rings (SSSR count). The fraction of sp³-hybridized carbons (Fsp3) is 0.273. The summed E-state index contributed by atoms with van der Waals surface area (Å²) in [5.74, 6) is -0.219. The van der Waals surface area contributed by atoms with Crippen molar-refractivity contribution in [1.82, 2.24) is 0 Å². The molecule has 1 aliphatic heterocycles. The molecule has 0 aliphatic carbocycles. The van der Waals surface area contributed by atoms with E-state index in [0.29, 0.717) is 17.1 Å². The number of methoxy groups -OCH3 is 1. The highest BCUT2D eigenvalue weighted by molar-refractivity contribution is 6.30. The van der Waals surface area contributed by atoms with Gasteiger partial charge in [-0.3, -0.25) is 14.5 Å².